The predicted octanol–water partition coefficient (Wildman–Crippen LogP) is 2.67. The number of hydrogen-bond donors (Lipinski definition) is 1. The molecule has 12 heteroatoms. The number of halogens is 3. The Morgan fingerprint density at radius 3 is 2.37 bits per heavy atom. The molecule has 1 N–H and O–H groups in total. The molecule has 8 nitrogen and oxygen atoms in total. The Bertz CT molecular complexity index is 1090. The first-order valence-electron chi connectivity index (χ1n) is 8.19. The van der Waals surface area contributed by atoms with E-state index < -0.39 is 45.7 Å². The third-order valence-electron chi connectivity index (χ3n) is 3.79. The van der Waals surface area contributed by atoms with Gasteiger partial charge in [0, 0.05) is 14.1 Å². The first-order chi connectivity index (χ1) is 14.0. The van der Waals surface area contributed by atoms with Gasteiger partial charge in [-0.15, -0.1) is 0 Å². The molecule has 2 aromatic carbocycles. The lowest BCUT2D eigenvalue weighted by atomic mass is 10.2. The largest absolute Gasteiger partial charge is 0.495 e. The van der Waals surface area contributed by atoms with Crippen molar-refractivity contribution < 1.29 is 36.3 Å². The van der Waals surface area contributed by atoms with Crippen molar-refractivity contribution in [1.29, 1.82) is 0 Å². The van der Waals surface area contributed by atoms with E-state index in [4.69, 9.17) is 21.1 Å². The molecule has 0 bridgehead atoms. The van der Waals surface area contributed by atoms with Crippen LogP contribution in [-0.4, -0.2) is 52.4 Å². The summed E-state index contributed by atoms with van der Waals surface area (Å²) in [5.74, 6) is -4.37. The molecule has 1 amide bonds. The maximum absolute atomic E-state index is 13.3. The highest BCUT2D eigenvalue weighted by Gasteiger charge is 2.21. The fraction of sp³-hybridized carbons (Fsp3) is 0.222. The number of carbonyl (C=O) groups is 2. The van der Waals surface area contributed by atoms with E-state index in [0.29, 0.717) is 12.1 Å². The van der Waals surface area contributed by atoms with Crippen LogP contribution in [0.4, 0.5) is 14.5 Å². The molecule has 2 aromatic rings. The number of nitrogens with one attached hydrogen (secondary N) is 1. The molecule has 2 rings (SSSR count). The average molecular weight is 463 g/mol. The summed E-state index contributed by atoms with van der Waals surface area (Å²) in [6, 6.07) is 4.99. The number of carbonyl (C=O) groups excluding carboxylic acids is 2. The molecule has 0 saturated carbocycles. The van der Waals surface area contributed by atoms with Gasteiger partial charge in [0.15, 0.2) is 18.2 Å². The Labute approximate surface area is 176 Å². The molecule has 0 aromatic heterocycles. The summed E-state index contributed by atoms with van der Waals surface area (Å²) < 4.78 is 61.7. The van der Waals surface area contributed by atoms with Gasteiger partial charge in [-0.2, -0.15) is 0 Å². The highest BCUT2D eigenvalue weighted by Crippen LogP contribution is 2.28. The van der Waals surface area contributed by atoms with Crippen LogP contribution >= 0.6 is 11.6 Å². The van der Waals surface area contributed by atoms with Gasteiger partial charge in [-0.3, -0.25) is 4.79 Å². The van der Waals surface area contributed by atoms with Crippen LogP contribution in [0.3, 0.4) is 0 Å². The number of hydrogen-bond acceptors (Lipinski definition) is 6. The van der Waals surface area contributed by atoms with E-state index in [0.717, 1.165) is 4.31 Å². The van der Waals surface area contributed by atoms with Gasteiger partial charge in [-0.05, 0) is 30.3 Å². The summed E-state index contributed by atoms with van der Waals surface area (Å²) in [5.41, 5.74) is -0.438. The molecule has 0 atom stereocenters. The fourth-order valence-corrected chi connectivity index (χ4v) is 3.39. The fourth-order valence-electron chi connectivity index (χ4n) is 2.23. The number of benzene rings is 2. The predicted molar refractivity (Wildman–Crippen MR) is 104 cm³/mol. The van der Waals surface area contributed by atoms with Crippen molar-refractivity contribution in [3.8, 4) is 5.75 Å². The zero-order valence-corrected chi connectivity index (χ0v) is 17.6. The standard InChI is InChI=1S/C18H17ClF2N2O6S/c1-23(2)30(26,27)10-4-5-16(28-3)15(6-10)22-17(24)9-29-18(25)11-7-13(20)14(21)8-12(11)19/h4-8H,9H2,1-3H3,(H,22,24). The number of ether oxygens (including phenoxy) is 2. The lowest BCUT2D eigenvalue weighted by Gasteiger charge is -2.15. The first-order valence-corrected chi connectivity index (χ1v) is 10.0. The van der Waals surface area contributed by atoms with Gasteiger partial charge < -0.3 is 14.8 Å². The van der Waals surface area contributed by atoms with Gasteiger partial charge in [-0.25, -0.2) is 26.3 Å². The van der Waals surface area contributed by atoms with E-state index in [2.05, 4.69) is 5.32 Å². The van der Waals surface area contributed by atoms with E-state index in [9.17, 15) is 26.8 Å². The minimum atomic E-state index is -3.77. The second-order valence-corrected chi connectivity index (χ2v) is 8.58. The number of rotatable bonds is 7. The van der Waals surface area contributed by atoms with E-state index in [-0.39, 0.29) is 21.4 Å². The Hall–Kier alpha value is -2.76. The number of esters is 1. The number of methoxy groups -OCH3 is 1. The van der Waals surface area contributed by atoms with Crippen molar-refractivity contribution in [3.05, 3.63) is 52.6 Å². The molecule has 0 heterocycles. The second kappa shape index (κ2) is 9.37. The van der Waals surface area contributed by atoms with Gasteiger partial charge >= 0.3 is 5.97 Å². The highest BCUT2D eigenvalue weighted by molar-refractivity contribution is 7.89. The van der Waals surface area contributed by atoms with Crippen molar-refractivity contribution in [2.45, 2.75) is 4.90 Å². The molecule has 0 unspecified atom stereocenters. The van der Waals surface area contributed by atoms with Crippen LogP contribution in [0.5, 0.6) is 5.75 Å². The molecule has 0 aliphatic heterocycles. The molecular formula is C18H17ClF2N2O6S. The smallest absolute Gasteiger partial charge is 0.340 e. The van der Waals surface area contributed by atoms with Crippen molar-refractivity contribution in [1.82, 2.24) is 4.31 Å². The van der Waals surface area contributed by atoms with Gasteiger partial charge in [0.2, 0.25) is 10.0 Å². The Morgan fingerprint density at radius 1 is 1.13 bits per heavy atom. The number of amides is 1. The SMILES string of the molecule is COc1ccc(S(=O)(=O)N(C)C)cc1NC(=O)COC(=O)c1cc(F)c(F)cc1Cl. The summed E-state index contributed by atoms with van der Waals surface area (Å²) in [7, 11) is 0.237. The maximum Gasteiger partial charge on any atom is 0.340 e. The third kappa shape index (κ3) is 5.23. The van der Waals surface area contributed by atoms with Crippen LogP contribution in [-0.2, 0) is 19.6 Å². The second-order valence-electron chi connectivity index (χ2n) is 6.02. The Balaban J connectivity index is 2.14. The van der Waals surface area contributed by atoms with E-state index in [1.807, 2.05) is 0 Å². The lowest BCUT2D eigenvalue weighted by Crippen LogP contribution is -2.23. The van der Waals surface area contributed by atoms with Crippen molar-refractivity contribution in [2.75, 3.05) is 33.1 Å². The summed E-state index contributed by atoms with van der Waals surface area (Å²) in [5, 5.41) is 1.98. The number of anilines is 1. The van der Waals surface area contributed by atoms with E-state index in [1.165, 1.54) is 39.4 Å². The Kier molecular flexibility index (Phi) is 7.34. The van der Waals surface area contributed by atoms with Gasteiger partial charge in [0.05, 0.1) is 28.3 Å². The minimum absolute atomic E-state index is 0.0207. The van der Waals surface area contributed by atoms with Crippen molar-refractivity contribution >= 4 is 39.2 Å². The van der Waals surface area contributed by atoms with Crippen LogP contribution in [0, 0.1) is 11.6 Å². The summed E-state index contributed by atoms with van der Waals surface area (Å²) >= 11 is 5.68. The molecule has 0 radical (unpaired) electrons. The number of nitrogens with zero attached hydrogens (tertiary/aromatic N) is 1. The van der Waals surface area contributed by atoms with Gasteiger partial charge in [-0.1, -0.05) is 11.6 Å². The minimum Gasteiger partial charge on any atom is -0.495 e. The van der Waals surface area contributed by atoms with Gasteiger partial charge in [0.25, 0.3) is 5.91 Å². The Morgan fingerprint density at radius 2 is 1.77 bits per heavy atom. The lowest BCUT2D eigenvalue weighted by molar-refractivity contribution is -0.119. The monoisotopic (exact) mass is 462 g/mol. The normalized spacial score (nSPS) is 11.3. The van der Waals surface area contributed by atoms with Crippen LogP contribution in [0.25, 0.3) is 0 Å². The first kappa shape index (κ1) is 23.5. The molecule has 30 heavy (non-hydrogen) atoms. The topological polar surface area (TPSA) is 102 Å². The van der Waals surface area contributed by atoms with Crippen LogP contribution in [0.15, 0.2) is 35.2 Å². The molecule has 0 spiro atoms. The zero-order chi connectivity index (χ0) is 22.6. The van der Waals surface area contributed by atoms with Crippen LogP contribution in [0.2, 0.25) is 5.02 Å². The average Bonchev–Trinajstić information content (AvgIpc) is 2.68. The van der Waals surface area contributed by atoms with E-state index in [1.54, 1.807) is 0 Å². The summed E-state index contributed by atoms with van der Waals surface area (Å²) in [6.07, 6.45) is 0. The van der Waals surface area contributed by atoms with Crippen molar-refractivity contribution in [3.63, 3.8) is 0 Å². The molecular weight excluding hydrogens is 446 g/mol. The molecule has 0 saturated heterocycles. The summed E-state index contributed by atoms with van der Waals surface area (Å²) in [4.78, 5) is 24.0. The zero-order valence-electron chi connectivity index (χ0n) is 16.0. The van der Waals surface area contributed by atoms with Gasteiger partial charge in [0.1, 0.15) is 5.75 Å². The quantitative estimate of drug-likeness (QED) is 0.501. The van der Waals surface area contributed by atoms with Crippen LogP contribution in [0.1, 0.15) is 10.4 Å². The highest BCUT2D eigenvalue weighted by atomic mass is 35.5. The maximum atomic E-state index is 13.3. The molecule has 0 aliphatic rings. The van der Waals surface area contributed by atoms with E-state index >= 15 is 0 Å². The third-order valence-corrected chi connectivity index (χ3v) is 5.91. The summed E-state index contributed by atoms with van der Waals surface area (Å²) in [6.45, 7) is -0.804. The van der Waals surface area contributed by atoms with Crippen LogP contribution < -0.4 is 10.1 Å². The van der Waals surface area contributed by atoms with Crippen molar-refractivity contribution in [2.24, 2.45) is 0 Å². The number of sulfonamides is 1. The molecule has 0 aliphatic carbocycles. The molecule has 162 valence electrons. The molecule has 0 fully saturated rings.